The molecular weight excluding hydrogens is 382 g/mol. The van der Waals surface area contributed by atoms with Crippen molar-refractivity contribution in [3.05, 3.63) is 101 Å². The van der Waals surface area contributed by atoms with Crippen LogP contribution in [0.15, 0.2) is 66.9 Å². The number of hydrogen-bond donors (Lipinski definition) is 0. The van der Waals surface area contributed by atoms with Crippen LogP contribution in [0.3, 0.4) is 0 Å². The Kier molecular flexibility index (Phi) is 6.12. The van der Waals surface area contributed by atoms with Gasteiger partial charge >= 0.3 is 0 Å². The maximum atomic E-state index is 13.5. The van der Waals surface area contributed by atoms with Gasteiger partial charge in [-0.25, -0.2) is 13.8 Å². The van der Waals surface area contributed by atoms with Gasteiger partial charge in [0.05, 0.1) is 6.04 Å². The summed E-state index contributed by atoms with van der Waals surface area (Å²) in [5.41, 5.74) is 3.49. The van der Waals surface area contributed by atoms with Crippen LogP contribution in [0, 0.1) is 23.0 Å². The van der Waals surface area contributed by atoms with E-state index in [2.05, 4.69) is 14.8 Å². The average molecular weight is 404 g/mol. The summed E-state index contributed by atoms with van der Waals surface area (Å²) in [4.78, 5) is 8.85. The van der Waals surface area contributed by atoms with Crippen LogP contribution in [0.5, 0.6) is 0 Å². The number of nitriles is 1. The minimum absolute atomic E-state index is 0.0510. The summed E-state index contributed by atoms with van der Waals surface area (Å²) in [6, 6.07) is 18.8. The van der Waals surface area contributed by atoms with Crippen LogP contribution in [-0.4, -0.2) is 41.0 Å². The molecule has 1 fully saturated rings. The minimum Gasteiger partial charge on any atom is -0.296 e. The monoisotopic (exact) mass is 404 g/mol. The number of pyridine rings is 1. The largest absolute Gasteiger partial charge is 0.296 e. The Bertz CT molecular complexity index is 958. The molecule has 1 aromatic heterocycles. The zero-order chi connectivity index (χ0) is 20.9. The van der Waals surface area contributed by atoms with Crippen molar-refractivity contribution in [3.8, 4) is 6.07 Å². The molecule has 1 saturated heterocycles. The van der Waals surface area contributed by atoms with E-state index in [-0.39, 0.29) is 17.7 Å². The molecule has 0 atom stereocenters. The number of hydrogen-bond acceptors (Lipinski definition) is 4. The number of piperazine rings is 1. The molecule has 0 spiro atoms. The molecule has 0 unspecified atom stereocenters. The maximum absolute atomic E-state index is 13.5. The second kappa shape index (κ2) is 9.12. The van der Waals surface area contributed by atoms with Crippen molar-refractivity contribution in [1.29, 1.82) is 5.26 Å². The van der Waals surface area contributed by atoms with E-state index in [1.807, 2.05) is 12.1 Å². The molecule has 0 saturated carbocycles. The molecule has 0 N–H and O–H groups in total. The molecule has 0 amide bonds. The van der Waals surface area contributed by atoms with Crippen LogP contribution in [0.1, 0.15) is 28.4 Å². The fourth-order valence-corrected chi connectivity index (χ4v) is 3.93. The predicted molar refractivity (Wildman–Crippen MR) is 110 cm³/mol. The summed E-state index contributed by atoms with van der Waals surface area (Å²) in [7, 11) is 0. The Morgan fingerprint density at radius 2 is 1.40 bits per heavy atom. The minimum atomic E-state index is -0.266. The van der Waals surface area contributed by atoms with Crippen LogP contribution >= 0.6 is 0 Å². The summed E-state index contributed by atoms with van der Waals surface area (Å²) in [5.74, 6) is -0.532. The zero-order valence-corrected chi connectivity index (χ0v) is 16.5. The fourth-order valence-electron chi connectivity index (χ4n) is 3.93. The number of nitrogens with zero attached hydrogens (tertiary/aromatic N) is 4. The van der Waals surface area contributed by atoms with Gasteiger partial charge in [0.15, 0.2) is 0 Å². The van der Waals surface area contributed by atoms with Gasteiger partial charge in [0.2, 0.25) is 0 Å². The van der Waals surface area contributed by atoms with Gasteiger partial charge in [-0.2, -0.15) is 5.26 Å². The Labute approximate surface area is 175 Å². The van der Waals surface area contributed by atoms with Crippen molar-refractivity contribution in [1.82, 2.24) is 14.8 Å². The molecule has 3 aromatic rings. The van der Waals surface area contributed by atoms with Gasteiger partial charge in [-0.3, -0.25) is 9.80 Å². The highest BCUT2D eigenvalue weighted by Gasteiger charge is 2.26. The van der Waals surface area contributed by atoms with Gasteiger partial charge < -0.3 is 0 Å². The number of rotatable bonds is 5. The molecule has 4 nitrogen and oxygen atoms in total. The molecule has 4 rings (SSSR count). The highest BCUT2D eigenvalue weighted by atomic mass is 19.1. The first-order chi connectivity index (χ1) is 14.6. The second-order valence-electron chi connectivity index (χ2n) is 7.48. The van der Waals surface area contributed by atoms with E-state index in [1.54, 1.807) is 36.5 Å². The number of benzene rings is 2. The highest BCUT2D eigenvalue weighted by molar-refractivity contribution is 5.32. The zero-order valence-electron chi connectivity index (χ0n) is 16.5. The fraction of sp³-hybridized carbons (Fsp3) is 0.250. The average Bonchev–Trinajstić information content (AvgIpc) is 2.78. The molecule has 0 bridgehead atoms. The predicted octanol–water partition coefficient (Wildman–Crippen LogP) is 4.14. The molecule has 30 heavy (non-hydrogen) atoms. The lowest BCUT2D eigenvalue weighted by molar-refractivity contribution is 0.105. The van der Waals surface area contributed by atoms with Crippen molar-refractivity contribution < 1.29 is 8.78 Å². The summed E-state index contributed by atoms with van der Waals surface area (Å²) >= 11 is 0. The van der Waals surface area contributed by atoms with Crippen LogP contribution < -0.4 is 0 Å². The van der Waals surface area contributed by atoms with Gasteiger partial charge in [-0.05, 0) is 47.0 Å². The topological polar surface area (TPSA) is 43.2 Å². The molecule has 1 aliphatic rings. The molecule has 6 heteroatoms. The van der Waals surface area contributed by atoms with Crippen LogP contribution in [-0.2, 0) is 6.54 Å². The number of aromatic nitrogens is 1. The first-order valence-electron chi connectivity index (χ1n) is 9.95. The van der Waals surface area contributed by atoms with Crippen molar-refractivity contribution in [2.75, 3.05) is 26.2 Å². The lowest BCUT2D eigenvalue weighted by Gasteiger charge is -2.39. The van der Waals surface area contributed by atoms with E-state index in [0.717, 1.165) is 49.4 Å². The Morgan fingerprint density at radius 3 is 1.87 bits per heavy atom. The number of halogens is 2. The van der Waals surface area contributed by atoms with Crippen molar-refractivity contribution >= 4 is 0 Å². The van der Waals surface area contributed by atoms with Gasteiger partial charge in [-0.1, -0.05) is 30.3 Å². The molecular formula is C24H22F2N4. The Balaban J connectivity index is 1.48. The summed E-state index contributed by atoms with van der Waals surface area (Å²) < 4.78 is 26.9. The molecule has 1 aliphatic heterocycles. The molecule has 0 radical (unpaired) electrons. The molecule has 152 valence electrons. The van der Waals surface area contributed by atoms with E-state index >= 15 is 0 Å². The SMILES string of the molecule is N#Cc1ccc(CN2CCN(C(c3ccc(F)cc3)c3ccc(F)cc3)CC2)cn1. The molecule has 2 aromatic carbocycles. The first kappa shape index (κ1) is 20.1. The van der Waals surface area contributed by atoms with E-state index in [9.17, 15) is 8.78 Å². The van der Waals surface area contributed by atoms with Gasteiger partial charge in [0, 0.05) is 38.9 Å². The normalized spacial score (nSPS) is 15.3. The third-order valence-electron chi connectivity index (χ3n) is 5.49. The molecule has 0 aliphatic carbocycles. The lowest BCUT2D eigenvalue weighted by atomic mass is 9.96. The highest BCUT2D eigenvalue weighted by Crippen LogP contribution is 2.30. The van der Waals surface area contributed by atoms with E-state index in [0.29, 0.717) is 5.69 Å². The third-order valence-corrected chi connectivity index (χ3v) is 5.49. The van der Waals surface area contributed by atoms with E-state index < -0.39 is 0 Å². The summed E-state index contributed by atoms with van der Waals surface area (Å²) in [5, 5.41) is 8.88. The van der Waals surface area contributed by atoms with Gasteiger partial charge in [0.25, 0.3) is 0 Å². The van der Waals surface area contributed by atoms with Crippen LogP contribution in [0.25, 0.3) is 0 Å². The quantitative estimate of drug-likeness (QED) is 0.641. The third kappa shape index (κ3) is 4.70. The lowest BCUT2D eigenvalue weighted by Crippen LogP contribution is -2.47. The second-order valence-corrected chi connectivity index (χ2v) is 7.48. The van der Waals surface area contributed by atoms with Gasteiger partial charge in [-0.15, -0.1) is 0 Å². The van der Waals surface area contributed by atoms with E-state index in [1.165, 1.54) is 24.3 Å². The Hall–Kier alpha value is -3.14. The molecule has 2 heterocycles. The van der Waals surface area contributed by atoms with Crippen molar-refractivity contribution in [2.45, 2.75) is 12.6 Å². The van der Waals surface area contributed by atoms with Crippen LogP contribution in [0.2, 0.25) is 0 Å². The van der Waals surface area contributed by atoms with Gasteiger partial charge in [0.1, 0.15) is 23.4 Å². The Morgan fingerprint density at radius 1 is 0.833 bits per heavy atom. The smallest absolute Gasteiger partial charge is 0.140 e. The maximum Gasteiger partial charge on any atom is 0.140 e. The van der Waals surface area contributed by atoms with Crippen molar-refractivity contribution in [2.24, 2.45) is 0 Å². The standard InChI is InChI=1S/C24H22F2N4/c25-21-6-2-19(3-7-21)24(20-4-8-22(26)9-5-20)30-13-11-29(12-14-30)17-18-1-10-23(15-27)28-16-18/h1-10,16,24H,11-14,17H2. The van der Waals surface area contributed by atoms with Crippen molar-refractivity contribution in [3.63, 3.8) is 0 Å². The van der Waals surface area contributed by atoms with E-state index in [4.69, 9.17) is 5.26 Å². The summed E-state index contributed by atoms with van der Waals surface area (Å²) in [6.07, 6.45) is 1.75. The first-order valence-corrected chi connectivity index (χ1v) is 9.95. The van der Waals surface area contributed by atoms with Crippen LogP contribution in [0.4, 0.5) is 8.78 Å². The summed E-state index contributed by atoms with van der Waals surface area (Å²) in [6.45, 7) is 4.20.